The van der Waals surface area contributed by atoms with Crippen LogP contribution in [0.4, 0.5) is 14.9 Å². The topological polar surface area (TPSA) is 52.7 Å². The van der Waals surface area contributed by atoms with Gasteiger partial charge in [-0.05, 0) is 31.5 Å². The van der Waals surface area contributed by atoms with Crippen molar-refractivity contribution in [3.63, 3.8) is 0 Å². The zero-order valence-electron chi connectivity index (χ0n) is 13.7. The lowest BCUT2D eigenvalue weighted by Gasteiger charge is -2.23. The molecule has 0 unspecified atom stereocenters. The molecule has 0 saturated carbocycles. The minimum Gasteiger partial charge on any atom is -0.333 e. The molecule has 1 aliphatic heterocycles. The van der Waals surface area contributed by atoms with Crippen LogP contribution in [0.2, 0.25) is 0 Å². The Morgan fingerprint density at radius 1 is 1.43 bits per heavy atom. The molecular weight excluding hydrogens is 297 g/mol. The van der Waals surface area contributed by atoms with Crippen molar-refractivity contribution >= 4 is 17.6 Å². The van der Waals surface area contributed by atoms with E-state index < -0.39 is 0 Å². The van der Waals surface area contributed by atoms with E-state index in [9.17, 15) is 14.0 Å². The lowest BCUT2D eigenvalue weighted by Crippen LogP contribution is -2.46. The highest BCUT2D eigenvalue weighted by Gasteiger charge is 2.32. The number of urea groups is 1. The minimum atomic E-state index is -0.375. The number of hydrogen-bond donors (Lipinski definition) is 1. The molecule has 0 aromatic heterocycles. The number of amides is 3. The van der Waals surface area contributed by atoms with Crippen LogP contribution < -0.4 is 10.2 Å². The van der Waals surface area contributed by atoms with Crippen LogP contribution in [0.25, 0.3) is 0 Å². The molecule has 0 bridgehead atoms. The summed E-state index contributed by atoms with van der Waals surface area (Å²) in [5.41, 5.74) is 0.532. The molecule has 0 radical (unpaired) electrons. The van der Waals surface area contributed by atoms with Crippen molar-refractivity contribution in [2.75, 3.05) is 24.5 Å². The maximum Gasteiger partial charge on any atom is 0.317 e. The first-order valence-corrected chi connectivity index (χ1v) is 8.16. The Morgan fingerprint density at radius 3 is 2.87 bits per heavy atom. The van der Waals surface area contributed by atoms with Gasteiger partial charge in [-0.25, -0.2) is 9.18 Å². The molecule has 1 heterocycles. The molecule has 5 nitrogen and oxygen atoms in total. The van der Waals surface area contributed by atoms with E-state index in [1.165, 1.54) is 17.0 Å². The Balaban J connectivity index is 1.95. The molecule has 3 amide bonds. The third kappa shape index (κ3) is 4.43. The van der Waals surface area contributed by atoms with Crippen LogP contribution in [0.5, 0.6) is 0 Å². The molecule has 0 spiro atoms. The predicted octanol–water partition coefficient (Wildman–Crippen LogP) is 2.76. The third-order valence-electron chi connectivity index (χ3n) is 4.02. The molecule has 23 heavy (non-hydrogen) atoms. The smallest absolute Gasteiger partial charge is 0.317 e. The highest BCUT2D eigenvalue weighted by Crippen LogP contribution is 2.22. The van der Waals surface area contributed by atoms with Gasteiger partial charge in [0.2, 0.25) is 5.91 Å². The first kappa shape index (κ1) is 17.2. The van der Waals surface area contributed by atoms with Gasteiger partial charge >= 0.3 is 6.03 Å². The second-order valence-corrected chi connectivity index (χ2v) is 5.77. The fourth-order valence-electron chi connectivity index (χ4n) is 2.72. The van der Waals surface area contributed by atoms with Crippen molar-refractivity contribution in [2.24, 2.45) is 0 Å². The molecule has 126 valence electrons. The van der Waals surface area contributed by atoms with Crippen molar-refractivity contribution < 1.29 is 14.0 Å². The molecule has 2 rings (SSSR count). The van der Waals surface area contributed by atoms with Crippen molar-refractivity contribution in [1.82, 2.24) is 10.2 Å². The molecular formula is C17H24FN3O2. The number of nitrogens with zero attached hydrogens (tertiary/aromatic N) is 2. The Labute approximate surface area is 136 Å². The zero-order chi connectivity index (χ0) is 16.8. The summed E-state index contributed by atoms with van der Waals surface area (Å²) in [5.74, 6) is -0.475. The summed E-state index contributed by atoms with van der Waals surface area (Å²) in [6, 6.07) is 5.57. The Kier molecular flexibility index (Phi) is 5.96. The minimum absolute atomic E-state index is 0.0995. The summed E-state index contributed by atoms with van der Waals surface area (Å²) >= 11 is 0. The zero-order valence-corrected chi connectivity index (χ0v) is 13.7. The molecule has 1 aromatic rings. The number of unbranched alkanes of at least 4 members (excludes halogenated alkanes) is 1. The van der Waals surface area contributed by atoms with Crippen LogP contribution in [-0.2, 0) is 4.79 Å². The lowest BCUT2D eigenvalue weighted by molar-refractivity contribution is -0.117. The molecule has 1 saturated heterocycles. The van der Waals surface area contributed by atoms with Gasteiger partial charge < -0.3 is 15.1 Å². The van der Waals surface area contributed by atoms with E-state index in [2.05, 4.69) is 12.2 Å². The average molecular weight is 321 g/mol. The van der Waals surface area contributed by atoms with Crippen LogP contribution in [0.1, 0.15) is 33.1 Å². The van der Waals surface area contributed by atoms with E-state index in [4.69, 9.17) is 0 Å². The highest BCUT2D eigenvalue weighted by atomic mass is 19.1. The quantitative estimate of drug-likeness (QED) is 0.876. The molecule has 1 fully saturated rings. The molecule has 1 aromatic carbocycles. The summed E-state index contributed by atoms with van der Waals surface area (Å²) in [7, 11) is 0. The Hall–Kier alpha value is -2.11. The molecule has 1 atom stereocenters. The van der Waals surface area contributed by atoms with E-state index in [1.54, 1.807) is 17.0 Å². The normalized spacial score (nSPS) is 17.4. The van der Waals surface area contributed by atoms with Crippen molar-refractivity contribution in [1.29, 1.82) is 0 Å². The molecule has 0 aliphatic carbocycles. The first-order chi connectivity index (χ1) is 11.0. The molecule has 1 N–H and O–H groups in total. The van der Waals surface area contributed by atoms with E-state index in [-0.39, 0.29) is 30.2 Å². The van der Waals surface area contributed by atoms with Gasteiger partial charge in [-0.3, -0.25) is 4.79 Å². The monoisotopic (exact) mass is 321 g/mol. The summed E-state index contributed by atoms with van der Waals surface area (Å²) in [5, 5.41) is 2.91. The van der Waals surface area contributed by atoms with Gasteiger partial charge in [-0.2, -0.15) is 0 Å². The van der Waals surface area contributed by atoms with Gasteiger partial charge in [-0.15, -0.1) is 0 Å². The number of anilines is 1. The van der Waals surface area contributed by atoms with E-state index in [1.807, 2.05) is 6.92 Å². The first-order valence-electron chi connectivity index (χ1n) is 8.16. The Morgan fingerprint density at radius 2 is 2.22 bits per heavy atom. The number of carbonyl (C=O) groups is 2. The van der Waals surface area contributed by atoms with Gasteiger partial charge in [0.25, 0.3) is 0 Å². The van der Waals surface area contributed by atoms with Crippen molar-refractivity contribution in [3.8, 4) is 0 Å². The van der Waals surface area contributed by atoms with E-state index in [0.717, 1.165) is 12.8 Å². The van der Waals surface area contributed by atoms with E-state index in [0.29, 0.717) is 25.3 Å². The predicted molar refractivity (Wildman–Crippen MR) is 87.8 cm³/mol. The van der Waals surface area contributed by atoms with E-state index >= 15 is 0 Å². The number of rotatable bonds is 6. The van der Waals surface area contributed by atoms with Gasteiger partial charge in [0.1, 0.15) is 5.82 Å². The fraction of sp³-hybridized carbons (Fsp3) is 0.529. The standard InChI is InChI=1S/C17H24FN3O2/c1-3-5-9-20(4-2)17(23)19-14-11-16(22)21(12-14)15-8-6-7-13(18)10-15/h6-8,10,14H,3-5,9,11-12H2,1-2H3,(H,19,23)/t14-/m1/s1. The number of halogens is 1. The van der Waals surface area contributed by atoms with Gasteiger partial charge in [-0.1, -0.05) is 19.4 Å². The summed E-state index contributed by atoms with van der Waals surface area (Å²) in [4.78, 5) is 27.7. The fourth-order valence-corrected chi connectivity index (χ4v) is 2.72. The van der Waals surface area contributed by atoms with Gasteiger partial charge in [0.15, 0.2) is 0 Å². The largest absolute Gasteiger partial charge is 0.333 e. The summed E-state index contributed by atoms with van der Waals surface area (Å²) < 4.78 is 13.3. The molecule has 6 heteroatoms. The number of benzene rings is 1. The average Bonchev–Trinajstić information content (AvgIpc) is 2.88. The van der Waals surface area contributed by atoms with Gasteiger partial charge in [0.05, 0.1) is 6.04 Å². The van der Waals surface area contributed by atoms with Crippen LogP contribution in [0, 0.1) is 5.82 Å². The summed E-state index contributed by atoms with van der Waals surface area (Å²) in [6.45, 7) is 5.75. The Bertz CT molecular complexity index is 565. The SMILES string of the molecule is CCCCN(CC)C(=O)N[C@@H]1CC(=O)N(c2cccc(F)c2)C1. The van der Waals surface area contributed by atoms with Crippen molar-refractivity contribution in [3.05, 3.63) is 30.1 Å². The molecule has 1 aliphatic rings. The van der Waals surface area contributed by atoms with Crippen LogP contribution in [-0.4, -0.2) is 42.5 Å². The van der Waals surface area contributed by atoms with Crippen LogP contribution >= 0.6 is 0 Å². The maximum absolute atomic E-state index is 13.3. The van der Waals surface area contributed by atoms with Crippen molar-refractivity contribution in [2.45, 2.75) is 39.2 Å². The highest BCUT2D eigenvalue weighted by molar-refractivity contribution is 5.96. The number of carbonyl (C=O) groups excluding carboxylic acids is 2. The maximum atomic E-state index is 13.3. The number of hydrogen-bond acceptors (Lipinski definition) is 2. The lowest BCUT2D eigenvalue weighted by atomic mass is 10.2. The number of nitrogens with one attached hydrogen (secondary N) is 1. The van der Waals surface area contributed by atoms with Crippen LogP contribution in [0.3, 0.4) is 0 Å². The second-order valence-electron chi connectivity index (χ2n) is 5.77. The third-order valence-corrected chi connectivity index (χ3v) is 4.02. The second kappa shape index (κ2) is 7.94. The van der Waals surface area contributed by atoms with Gasteiger partial charge in [0, 0.05) is 31.7 Å². The van der Waals surface area contributed by atoms with Crippen LogP contribution in [0.15, 0.2) is 24.3 Å². The summed E-state index contributed by atoms with van der Waals surface area (Å²) in [6.07, 6.45) is 2.23.